The van der Waals surface area contributed by atoms with Gasteiger partial charge in [-0.05, 0) is 5.92 Å². The third-order valence-electron chi connectivity index (χ3n) is 1.52. The number of unbranched alkanes of at least 4 members (excludes halogenated alkanes) is 2. The Balaban J connectivity index is -0.000000107. The van der Waals surface area contributed by atoms with Crippen LogP contribution in [0, 0.1) is 5.92 Å². The van der Waals surface area contributed by atoms with E-state index in [1.165, 1.54) is 25.7 Å². The summed E-state index contributed by atoms with van der Waals surface area (Å²) in [5.74, 6) is 0.884. The third-order valence-corrected chi connectivity index (χ3v) is 1.52. The molecule has 0 radical (unpaired) electrons. The van der Waals surface area contributed by atoms with Crippen LogP contribution in [0.4, 0.5) is 0 Å². The minimum Gasteiger partial charge on any atom is -0.0776 e. The summed E-state index contributed by atoms with van der Waals surface area (Å²) in [6, 6.07) is 0. The lowest BCUT2D eigenvalue weighted by Crippen LogP contribution is -1.77. The minimum atomic E-state index is 0. The first-order valence-corrected chi connectivity index (χ1v) is 4.68. The van der Waals surface area contributed by atoms with Gasteiger partial charge in [-0.15, -0.1) is 0 Å². The average Bonchev–Trinajstić information content (AvgIpc) is 1.91. The van der Waals surface area contributed by atoms with Crippen molar-refractivity contribution in [2.24, 2.45) is 5.92 Å². The van der Waals surface area contributed by atoms with E-state index in [-0.39, 0.29) is 7.43 Å². The van der Waals surface area contributed by atoms with Crippen molar-refractivity contribution in [1.82, 2.24) is 0 Å². The maximum Gasteiger partial charge on any atom is -0.0474 e. The number of hydrogen-bond donors (Lipinski definition) is 0. The minimum absolute atomic E-state index is 0. The van der Waals surface area contributed by atoms with Crippen LogP contribution >= 0.6 is 0 Å². The SMILES string of the molecule is C.CCC(C)C.CCCCC. The van der Waals surface area contributed by atoms with Crippen molar-refractivity contribution < 1.29 is 0 Å². The smallest absolute Gasteiger partial charge is 0.0474 e. The maximum atomic E-state index is 2.22. The summed E-state index contributed by atoms with van der Waals surface area (Å²) < 4.78 is 0. The van der Waals surface area contributed by atoms with Crippen molar-refractivity contribution in [3.05, 3.63) is 0 Å². The summed E-state index contributed by atoms with van der Waals surface area (Å²) in [5, 5.41) is 0. The topological polar surface area (TPSA) is 0 Å². The van der Waals surface area contributed by atoms with Gasteiger partial charge in [-0.2, -0.15) is 0 Å². The molecular weight excluding hydrogens is 132 g/mol. The Kier molecular flexibility index (Phi) is 25.8. The molecule has 0 amide bonds. The average molecular weight is 160 g/mol. The van der Waals surface area contributed by atoms with Gasteiger partial charge in [-0.3, -0.25) is 0 Å². The molecular formula is C11H28. The van der Waals surface area contributed by atoms with Gasteiger partial charge in [0.2, 0.25) is 0 Å². The molecule has 0 spiro atoms. The summed E-state index contributed by atoms with van der Waals surface area (Å²) in [6.07, 6.45) is 5.38. The first-order chi connectivity index (χ1) is 4.68. The van der Waals surface area contributed by atoms with Gasteiger partial charge in [-0.1, -0.05) is 67.7 Å². The fourth-order valence-electron chi connectivity index (χ4n) is 0.354. The van der Waals surface area contributed by atoms with Crippen molar-refractivity contribution in [3.8, 4) is 0 Å². The molecule has 0 aromatic rings. The van der Waals surface area contributed by atoms with Crippen LogP contribution in [0.2, 0.25) is 0 Å². The van der Waals surface area contributed by atoms with Crippen LogP contribution in [0.1, 0.15) is 67.7 Å². The van der Waals surface area contributed by atoms with Crippen LogP contribution in [-0.4, -0.2) is 0 Å². The van der Waals surface area contributed by atoms with Crippen LogP contribution in [0.15, 0.2) is 0 Å². The van der Waals surface area contributed by atoms with Crippen LogP contribution in [0.25, 0.3) is 0 Å². The molecule has 0 saturated heterocycles. The molecule has 0 aliphatic rings. The standard InChI is InChI=1S/2C5H12.CH4/c1-4-5(2)3;1-3-5-4-2;/h5H,4H2,1-3H3;3-5H2,1-2H3;1H4. The van der Waals surface area contributed by atoms with Crippen LogP contribution in [0.5, 0.6) is 0 Å². The summed E-state index contributed by atoms with van der Waals surface area (Å²) in [4.78, 5) is 0. The summed E-state index contributed by atoms with van der Waals surface area (Å²) >= 11 is 0. The Hall–Kier alpha value is 0. The summed E-state index contributed by atoms with van der Waals surface area (Å²) in [5.41, 5.74) is 0. The largest absolute Gasteiger partial charge is 0.0776 e. The fraction of sp³-hybridized carbons (Fsp3) is 1.00. The lowest BCUT2D eigenvalue weighted by atomic mass is 10.2. The van der Waals surface area contributed by atoms with E-state index in [0.717, 1.165) is 5.92 Å². The molecule has 11 heavy (non-hydrogen) atoms. The maximum absolute atomic E-state index is 2.22. The molecule has 0 heteroatoms. The fourth-order valence-corrected chi connectivity index (χ4v) is 0.354. The molecule has 0 nitrogen and oxygen atoms in total. The molecule has 0 heterocycles. The molecule has 0 N–H and O–H groups in total. The van der Waals surface area contributed by atoms with Gasteiger partial charge in [0.15, 0.2) is 0 Å². The van der Waals surface area contributed by atoms with Crippen LogP contribution in [-0.2, 0) is 0 Å². The monoisotopic (exact) mass is 160 g/mol. The Labute approximate surface area is 74.4 Å². The van der Waals surface area contributed by atoms with Crippen molar-refractivity contribution in [2.45, 2.75) is 67.7 Å². The van der Waals surface area contributed by atoms with Gasteiger partial charge >= 0.3 is 0 Å². The Morgan fingerprint density at radius 2 is 1.18 bits per heavy atom. The summed E-state index contributed by atoms with van der Waals surface area (Å²) in [7, 11) is 0. The highest BCUT2D eigenvalue weighted by atomic mass is 13.9. The zero-order valence-electron chi connectivity index (χ0n) is 8.41. The second kappa shape index (κ2) is 16.5. The van der Waals surface area contributed by atoms with Crippen molar-refractivity contribution in [3.63, 3.8) is 0 Å². The predicted molar refractivity (Wildman–Crippen MR) is 57.1 cm³/mol. The molecule has 72 valence electrons. The van der Waals surface area contributed by atoms with Gasteiger partial charge < -0.3 is 0 Å². The van der Waals surface area contributed by atoms with Gasteiger partial charge in [-0.25, -0.2) is 0 Å². The number of hydrogen-bond acceptors (Lipinski definition) is 0. The Morgan fingerprint density at radius 1 is 0.909 bits per heavy atom. The second-order valence-electron chi connectivity index (χ2n) is 3.16. The Morgan fingerprint density at radius 3 is 1.18 bits per heavy atom. The van der Waals surface area contributed by atoms with Crippen LogP contribution in [0.3, 0.4) is 0 Å². The highest BCUT2D eigenvalue weighted by Crippen LogP contribution is 1.93. The highest BCUT2D eigenvalue weighted by molar-refractivity contribution is 4.32. The molecule has 0 saturated carbocycles. The Bertz CT molecular complexity index is 35.3. The lowest BCUT2D eigenvalue weighted by Gasteiger charge is -1.90. The van der Waals surface area contributed by atoms with Crippen molar-refractivity contribution in [2.75, 3.05) is 0 Å². The quantitative estimate of drug-likeness (QED) is 0.551. The zero-order chi connectivity index (χ0) is 8.41. The molecule has 0 rings (SSSR count). The van der Waals surface area contributed by atoms with Gasteiger partial charge in [0.25, 0.3) is 0 Å². The zero-order valence-corrected chi connectivity index (χ0v) is 8.41. The van der Waals surface area contributed by atoms with Gasteiger partial charge in [0.05, 0.1) is 0 Å². The predicted octanol–water partition coefficient (Wildman–Crippen LogP) is 4.89. The molecule has 0 aromatic carbocycles. The second-order valence-corrected chi connectivity index (χ2v) is 3.16. The van der Waals surface area contributed by atoms with Gasteiger partial charge in [0, 0.05) is 0 Å². The van der Waals surface area contributed by atoms with Gasteiger partial charge in [0.1, 0.15) is 0 Å². The molecule has 0 atom stereocenters. The highest BCUT2D eigenvalue weighted by Gasteiger charge is 1.80. The van der Waals surface area contributed by atoms with E-state index in [0.29, 0.717) is 0 Å². The molecule has 0 aliphatic heterocycles. The van der Waals surface area contributed by atoms with Crippen LogP contribution < -0.4 is 0 Å². The molecule has 0 aliphatic carbocycles. The van der Waals surface area contributed by atoms with E-state index >= 15 is 0 Å². The molecule has 0 bridgehead atoms. The van der Waals surface area contributed by atoms with E-state index in [1.807, 2.05) is 0 Å². The van der Waals surface area contributed by atoms with E-state index in [4.69, 9.17) is 0 Å². The normalized spacial score (nSPS) is 8.18. The van der Waals surface area contributed by atoms with Crippen molar-refractivity contribution in [1.29, 1.82) is 0 Å². The third kappa shape index (κ3) is 40.0. The molecule has 0 aromatic heterocycles. The van der Waals surface area contributed by atoms with Crippen molar-refractivity contribution >= 4 is 0 Å². The first-order valence-electron chi connectivity index (χ1n) is 4.68. The molecule has 0 unspecified atom stereocenters. The van der Waals surface area contributed by atoms with E-state index in [2.05, 4.69) is 34.6 Å². The molecule has 0 fully saturated rings. The van der Waals surface area contributed by atoms with E-state index in [1.54, 1.807) is 0 Å². The number of rotatable bonds is 3. The first kappa shape index (κ1) is 17.2. The summed E-state index contributed by atoms with van der Waals surface area (Å²) in [6.45, 7) is 11.1. The lowest BCUT2D eigenvalue weighted by molar-refractivity contribution is 0.626. The van der Waals surface area contributed by atoms with E-state index in [9.17, 15) is 0 Å². The van der Waals surface area contributed by atoms with E-state index < -0.39 is 0 Å².